The van der Waals surface area contributed by atoms with Gasteiger partial charge in [-0.15, -0.1) is 0 Å². The van der Waals surface area contributed by atoms with E-state index in [0.29, 0.717) is 37.8 Å². The summed E-state index contributed by atoms with van der Waals surface area (Å²) < 4.78 is 33.0. The SMILES string of the molecule is CCOc1ccc(S(=O)(=O)N2CCC[C@H](C(=O)NCCC(C)C)C2)cc1C. The largest absolute Gasteiger partial charge is 0.494 e. The van der Waals surface area contributed by atoms with Gasteiger partial charge in [-0.1, -0.05) is 13.8 Å². The molecule has 2 rings (SSSR count). The molecule has 0 saturated carbocycles. The summed E-state index contributed by atoms with van der Waals surface area (Å²) in [5, 5.41) is 2.95. The summed E-state index contributed by atoms with van der Waals surface area (Å²) >= 11 is 0. The second-order valence-corrected chi connectivity index (χ2v) is 9.47. The van der Waals surface area contributed by atoms with Gasteiger partial charge >= 0.3 is 0 Å². The van der Waals surface area contributed by atoms with Crippen LogP contribution in [0.1, 0.15) is 45.6 Å². The Labute approximate surface area is 163 Å². The van der Waals surface area contributed by atoms with Crippen molar-refractivity contribution in [2.24, 2.45) is 11.8 Å². The Bertz CT molecular complexity index is 746. The van der Waals surface area contributed by atoms with Crippen LogP contribution in [0.5, 0.6) is 5.75 Å². The normalized spacial score (nSPS) is 18.5. The van der Waals surface area contributed by atoms with Crippen molar-refractivity contribution in [1.29, 1.82) is 0 Å². The summed E-state index contributed by atoms with van der Waals surface area (Å²) in [5.41, 5.74) is 0.790. The summed E-state index contributed by atoms with van der Waals surface area (Å²) in [4.78, 5) is 12.7. The van der Waals surface area contributed by atoms with E-state index in [2.05, 4.69) is 19.2 Å². The molecule has 1 amide bonds. The third kappa shape index (κ3) is 5.69. The number of hydrogen-bond acceptors (Lipinski definition) is 4. The van der Waals surface area contributed by atoms with Crippen LogP contribution in [-0.4, -0.2) is 44.9 Å². The van der Waals surface area contributed by atoms with Crippen molar-refractivity contribution in [1.82, 2.24) is 9.62 Å². The average molecular weight is 397 g/mol. The van der Waals surface area contributed by atoms with Gasteiger partial charge in [0.25, 0.3) is 0 Å². The number of nitrogens with one attached hydrogen (secondary N) is 1. The van der Waals surface area contributed by atoms with Gasteiger partial charge in [-0.2, -0.15) is 4.31 Å². The molecule has 0 spiro atoms. The zero-order chi connectivity index (χ0) is 20.0. The third-order valence-electron chi connectivity index (χ3n) is 4.86. The van der Waals surface area contributed by atoms with Crippen molar-refractivity contribution in [3.63, 3.8) is 0 Å². The van der Waals surface area contributed by atoms with Crippen molar-refractivity contribution in [3.05, 3.63) is 23.8 Å². The predicted octanol–water partition coefficient (Wildman–Crippen LogP) is 2.96. The maximum Gasteiger partial charge on any atom is 0.243 e. The highest BCUT2D eigenvalue weighted by Gasteiger charge is 2.33. The number of amides is 1. The van der Waals surface area contributed by atoms with Crippen LogP contribution in [0.4, 0.5) is 0 Å². The van der Waals surface area contributed by atoms with Gasteiger partial charge in [0.15, 0.2) is 0 Å². The molecule has 152 valence electrons. The van der Waals surface area contributed by atoms with E-state index in [1.165, 1.54) is 4.31 Å². The zero-order valence-corrected chi connectivity index (χ0v) is 17.6. The number of piperidine rings is 1. The van der Waals surface area contributed by atoms with E-state index in [9.17, 15) is 13.2 Å². The fourth-order valence-electron chi connectivity index (χ4n) is 3.25. The van der Waals surface area contributed by atoms with Crippen LogP contribution in [0.3, 0.4) is 0 Å². The Hall–Kier alpha value is -1.60. The minimum Gasteiger partial charge on any atom is -0.494 e. The lowest BCUT2D eigenvalue weighted by Gasteiger charge is -2.31. The Morgan fingerprint density at radius 1 is 1.37 bits per heavy atom. The number of carbonyl (C=O) groups excluding carboxylic acids is 1. The summed E-state index contributed by atoms with van der Waals surface area (Å²) in [6.07, 6.45) is 2.34. The number of ether oxygens (including phenoxy) is 1. The van der Waals surface area contributed by atoms with Crippen molar-refractivity contribution in [3.8, 4) is 5.75 Å². The first-order chi connectivity index (χ1) is 12.8. The molecular formula is C20H32N2O4S. The highest BCUT2D eigenvalue weighted by Crippen LogP contribution is 2.27. The standard InChI is InChI=1S/C20H32N2O4S/c1-5-26-19-9-8-18(13-16(19)4)27(24,25)22-12-6-7-17(14-22)20(23)21-11-10-15(2)3/h8-9,13,15,17H,5-7,10-12,14H2,1-4H3,(H,21,23)/t17-/m0/s1. The van der Waals surface area contributed by atoms with Crippen LogP contribution in [0.2, 0.25) is 0 Å². The number of rotatable bonds is 8. The molecular weight excluding hydrogens is 364 g/mol. The quantitative estimate of drug-likeness (QED) is 0.733. The first kappa shape index (κ1) is 21.7. The summed E-state index contributed by atoms with van der Waals surface area (Å²) in [6, 6.07) is 4.93. The molecule has 7 heteroatoms. The lowest BCUT2D eigenvalue weighted by molar-refractivity contribution is -0.126. The molecule has 27 heavy (non-hydrogen) atoms. The Balaban J connectivity index is 2.07. The van der Waals surface area contributed by atoms with Crippen LogP contribution in [-0.2, 0) is 14.8 Å². The minimum atomic E-state index is -3.62. The molecule has 0 aliphatic carbocycles. The highest BCUT2D eigenvalue weighted by atomic mass is 32.2. The van der Waals surface area contributed by atoms with Gasteiger partial charge in [-0.25, -0.2) is 8.42 Å². The zero-order valence-electron chi connectivity index (χ0n) is 16.8. The van der Waals surface area contributed by atoms with Gasteiger partial charge in [0.2, 0.25) is 15.9 Å². The fourth-order valence-corrected chi connectivity index (χ4v) is 4.86. The highest BCUT2D eigenvalue weighted by molar-refractivity contribution is 7.89. The first-order valence-electron chi connectivity index (χ1n) is 9.77. The van der Waals surface area contributed by atoms with E-state index >= 15 is 0 Å². The topological polar surface area (TPSA) is 75.7 Å². The lowest BCUT2D eigenvalue weighted by Crippen LogP contribution is -2.45. The third-order valence-corrected chi connectivity index (χ3v) is 6.72. The number of nitrogens with zero attached hydrogens (tertiary/aromatic N) is 1. The van der Waals surface area contributed by atoms with Crippen LogP contribution in [0.15, 0.2) is 23.1 Å². The fraction of sp³-hybridized carbons (Fsp3) is 0.650. The number of sulfonamides is 1. The molecule has 1 N–H and O–H groups in total. The Kier molecular flexibility index (Phi) is 7.68. The van der Waals surface area contributed by atoms with Gasteiger partial charge in [-0.05, 0) is 62.8 Å². The van der Waals surface area contributed by atoms with E-state index < -0.39 is 10.0 Å². The van der Waals surface area contributed by atoms with Crippen molar-refractivity contribution >= 4 is 15.9 Å². The predicted molar refractivity (Wildman–Crippen MR) is 106 cm³/mol. The van der Waals surface area contributed by atoms with E-state index in [1.807, 2.05) is 13.8 Å². The summed E-state index contributed by atoms with van der Waals surface area (Å²) in [7, 11) is -3.62. The number of carbonyl (C=O) groups is 1. The van der Waals surface area contributed by atoms with Gasteiger partial charge in [0.05, 0.1) is 17.4 Å². The van der Waals surface area contributed by atoms with Gasteiger partial charge in [-0.3, -0.25) is 4.79 Å². The smallest absolute Gasteiger partial charge is 0.243 e. The van der Waals surface area contributed by atoms with Crippen molar-refractivity contribution in [2.45, 2.75) is 51.9 Å². The van der Waals surface area contributed by atoms with E-state index in [-0.39, 0.29) is 23.3 Å². The van der Waals surface area contributed by atoms with Crippen LogP contribution >= 0.6 is 0 Å². The molecule has 0 unspecified atom stereocenters. The molecule has 1 saturated heterocycles. The number of benzene rings is 1. The molecule has 1 atom stereocenters. The number of hydrogen-bond donors (Lipinski definition) is 1. The molecule has 0 aromatic heterocycles. The van der Waals surface area contributed by atoms with Crippen molar-refractivity contribution in [2.75, 3.05) is 26.2 Å². The molecule has 1 aromatic rings. The summed E-state index contributed by atoms with van der Waals surface area (Å²) in [6.45, 7) is 9.81. The summed E-state index contributed by atoms with van der Waals surface area (Å²) in [5.74, 6) is 0.886. The minimum absolute atomic E-state index is 0.0431. The van der Waals surface area contributed by atoms with Gasteiger partial charge in [0.1, 0.15) is 5.75 Å². The van der Waals surface area contributed by atoms with Gasteiger partial charge in [0, 0.05) is 19.6 Å². The van der Waals surface area contributed by atoms with Crippen LogP contribution < -0.4 is 10.1 Å². The monoisotopic (exact) mass is 396 g/mol. The number of aryl methyl sites for hydroxylation is 1. The van der Waals surface area contributed by atoms with E-state index in [4.69, 9.17) is 4.74 Å². The molecule has 1 aromatic carbocycles. The van der Waals surface area contributed by atoms with Crippen LogP contribution in [0.25, 0.3) is 0 Å². The molecule has 0 radical (unpaired) electrons. The first-order valence-corrected chi connectivity index (χ1v) is 11.2. The maximum atomic E-state index is 13.0. The maximum absolute atomic E-state index is 13.0. The van der Waals surface area contributed by atoms with E-state index in [0.717, 1.165) is 18.4 Å². The Morgan fingerprint density at radius 2 is 2.11 bits per heavy atom. The van der Waals surface area contributed by atoms with Crippen molar-refractivity contribution < 1.29 is 17.9 Å². The van der Waals surface area contributed by atoms with Crippen LogP contribution in [0, 0.1) is 18.8 Å². The van der Waals surface area contributed by atoms with E-state index in [1.54, 1.807) is 18.2 Å². The molecule has 1 aliphatic heterocycles. The second-order valence-electron chi connectivity index (χ2n) is 7.54. The molecule has 1 fully saturated rings. The molecule has 1 aliphatic rings. The molecule has 0 bridgehead atoms. The second kappa shape index (κ2) is 9.55. The van der Waals surface area contributed by atoms with Gasteiger partial charge < -0.3 is 10.1 Å². The average Bonchev–Trinajstić information content (AvgIpc) is 2.63. The lowest BCUT2D eigenvalue weighted by atomic mass is 9.98. The molecule has 6 nitrogen and oxygen atoms in total. The Morgan fingerprint density at radius 3 is 2.74 bits per heavy atom. The molecule has 1 heterocycles.